The lowest BCUT2D eigenvalue weighted by molar-refractivity contribution is 0.161. The summed E-state index contributed by atoms with van der Waals surface area (Å²) in [6.45, 7) is 17.5. The van der Waals surface area contributed by atoms with Crippen molar-refractivity contribution >= 4 is 0 Å². The molecule has 0 heterocycles. The normalized spacial score (nSPS) is 17.7. The highest BCUT2D eigenvalue weighted by Crippen LogP contribution is 2.22. The lowest BCUT2D eigenvalue weighted by Gasteiger charge is -2.33. The van der Waals surface area contributed by atoms with Gasteiger partial charge in [-0.25, -0.2) is 0 Å². The van der Waals surface area contributed by atoms with Crippen molar-refractivity contribution in [3.8, 4) is 0 Å². The van der Waals surface area contributed by atoms with Crippen LogP contribution in [0.15, 0.2) is 48.6 Å². The number of rotatable bonds is 19. The molecule has 0 aliphatic carbocycles. The Morgan fingerprint density at radius 3 is 2.38 bits per heavy atom. The molecule has 0 aromatic carbocycles. The largest absolute Gasteiger partial charge is 0.320 e. The first-order valence-corrected chi connectivity index (χ1v) is 12.9. The molecule has 0 bridgehead atoms. The molecular formula is C29H55N3. The van der Waals surface area contributed by atoms with Crippen LogP contribution in [0.25, 0.3) is 0 Å². The van der Waals surface area contributed by atoms with Crippen LogP contribution in [0.2, 0.25) is 0 Å². The van der Waals surface area contributed by atoms with E-state index >= 15 is 0 Å². The third-order valence-electron chi connectivity index (χ3n) is 6.37. The van der Waals surface area contributed by atoms with Crippen LogP contribution in [0.1, 0.15) is 73.1 Å². The van der Waals surface area contributed by atoms with Crippen LogP contribution < -0.4 is 10.6 Å². The summed E-state index contributed by atoms with van der Waals surface area (Å²) in [4.78, 5) is 2.34. The number of allylic oxidation sites excluding steroid dienone is 6. The maximum Gasteiger partial charge on any atom is 0.0618 e. The highest BCUT2D eigenvalue weighted by Gasteiger charge is 2.22. The van der Waals surface area contributed by atoms with Crippen molar-refractivity contribution in [3.05, 3.63) is 48.6 Å². The standard InChI is InChI=1S/C29H55N3/c1-10-12-16-24(3)17-14-18-25(4)22-28(26(5)19-13-11-2)23-31-29(32(8)9)27(6)20-15-21-30-7/h11-12,14,16,18,22,24,26-31H,2,10,13,15,17,19-21,23H2,1,3-9H3/b16-12-,18-14-,25-22+/t24?,26?,27-,28?,29?/m0/s1. The zero-order chi connectivity index (χ0) is 24.4. The maximum absolute atomic E-state index is 3.93. The van der Waals surface area contributed by atoms with Crippen molar-refractivity contribution in [2.45, 2.75) is 79.3 Å². The van der Waals surface area contributed by atoms with Crippen molar-refractivity contribution in [2.75, 3.05) is 34.2 Å². The topological polar surface area (TPSA) is 27.3 Å². The molecule has 2 N–H and O–H groups in total. The number of hydrogen-bond acceptors (Lipinski definition) is 3. The Kier molecular flexibility index (Phi) is 18.6. The summed E-state index contributed by atoms with van der Waals surface area (Å²) in [6.07, 6.45) is 21.1. The van der Waals surface area contributed by atoms with E-state index in [2.05, 4.69) is 107 Å². The van der Waals surface area contributed by atoms with Gasteiger partial charge in [0.1, 0.15) is 0 Å². The summed E-state index contributed by atoms with van der Waals surface area (Å²) in [5, 5.41) is 7.18. The predicted molar refractivity (Wildman–Crippen MR) is 146 cm³/mol. The Bertz CT molecular complexity index is 547. The van der Waals surface area contributed by atoms with Crippen LogP contribution >= 0.6 is 0 Å². The minimum Gasteiger partial charge on any atom is -0.320 e. The van der Waals surface area contributed by atoms with Gasteiger partial charge in [-0.2, -0.15) is 0 Å². The molecule has 0 aromatic heterocycles. The predicted octanol–water partition coefficient (Wildman–Crippen LogP) is 6.81. The molecule has 32 heavy (non-hydrogen) atoms. The van der Waals surface area contributed by atoms with Gasteiger partial charge >= 0.3 is 0 Å². The van der Waals surface area contributed by atoms with E-state index in [0.29, 0.717) is 29.8 Å². The van der Waals surface area contributed by atoms with Gasteiger partial charge in [-0.3, -0.25) is 4.90 Å². The van der Waals surface area contributed by atoms with Gasteiger partial charge in [-0.15, -0.1) is 6.58 Å². The zero-order valence-electron chi connectivity index (χ0n) is 22.7. The fraction of sp³-hybridized carbons (Fsp3) is 0.724. The second kappa shape index (κ2) is 19.3. The molecule has 0 spiro atoms. The van der Waals surface area contributed by atoms with E-state index in [0.717, 1.165) is 32.4 Å². The van der Waals surface area contributed by atoms with E-state index in [1.165, 1.54) is 24.8 Å². The Morgan fingerprint density at radius 1 is 1.06 bits per heavy atom. The van der Waals surface area contributed by atoms with Crippen LogP contribution in [0.4, 0.5) is 0 Å². The molecule has 3 nitrogen and oxygen atoms in total. The molecule has 0 saturated heterocycles. The van der Waals surface area contributed by atoms with Gasteiger partial charge in [-0.1, -0.05) is 69.7 Å². The van der Waals surface area contributed by atoms with E-state index in [1.807, 2.05) is 7.05 Å². The monoisotopic (exact) mass is 445 g/mol. The van der Waals surface area contributed by atoms with Gasteiger partial charge < -0.3 is 10.6 Å². The molecular weight excluding hydrogens is 390 g/mol. The van der Waals surface area contributed by atoms with Crippen molar-refractivity contribution in [1.29, 1.82) is 0 Å². The first-order chi connectivity index (χ1) is 15.3. The Morgan fingerprint density at radius 2 is 1.78 bits per heavy atom. The van der Waals surface area contributed by atoms with Crippen molar-refractivity contribution < 1.29 is 0 Å². The van der Waals surface area contributed by atoms with Gasteiger partial charge in [0.25, 0.3) is 0 Å². The molecule has 186 valence electrons. The molecule has 0 amide bonds. The molecule has 5 atom stereocenters. The van der Waals surface area contributed by atoms with E-state index in [1.54, 1.807) is 0 Å². The smallest absolute Gasteiger partial charge is 0.0618 e. The van der Waals surface area contributed by atoms with Gasteiger partial charge in [-0.05, 0) is 96.8 Å². The molecule has 0 aromatic rings. The first kappa shape index (κ1) is 30.8. The molecule has 0 saturated carbocycles. The number of nitrogens with one attached hydrogen (secondary N) is 2. The molecule has 0 radical (unpaired) electrons. The van der Waals surface area contributed by atoms with E-state index in [4.69, 9.17) is 0 Å². The fourth-order valence-corrected chi connectivity index (χ4v) is 4.24. The highest BCUT2D eigenvalue weighted by atomic mass is 15.2. The van der Waals surface area contributed by atoms with Crippen LogP contribution in [0.5, 0.6) is 0 Å². The minimum atomic E-state index is 0.399. The van der Waals surface area contributed by atoms with Crippen LogP contribution in [-0.4, -0.2) is 45.3 Å². The molecule has 4 unspecified atom stereocenters. The molecule has 0 aliphatic rings. The zero-order valence-corrected chi connectivity index (χ0v) is 22.7. The van der Waals surface area contributed by atoms with Gasteiger partial charge in [0.2, 0.25) is 0 Å². The summed E-state index contributed by atoms with van der Waals surface area (Å²) in [7, 11) is 6.42. The quantitative estimate of drug-likeness (QED) is 0.0989. The first-order valence-electron chi connectivity index (χ1n) is 12.9. The van der Waals surface area contributed by atoms with Gasteiger partial charge in [0, 0.05) is 6.54 Å². The lowest BCUT2D eigenvalue weighted by atomic mass is 9.87. The fourth-order valence-electron chi connectivity index (χ4n) is 4.24. The second-order valence-electron chi connectivity index (χ2n) is 9.91. The number of hydrogen-bond donors (Lipinski definition) is 2. The SMILES string of the molecule is C=CCCC(C)C(/C=C(C)/C=C\CC(C)/C=C\CC)CNC([C@@H](C)CCCNC)N(C)C. The molecule has 0 aliphatic heterocycles. The minimum absolute atomic E-state index is 0.399. The van der Waals surface area contributed by atoms with Crippen LogP contribution in [0.3, 0.4) is 0 Å². The molecule has 3 heteroatoms. The second-order valence-corrected chi connectivity index (χ2v) is 9.91. The van der Waals surface area contributed by atoms with Crippen molar-refractivity contribution in [2.24, 2.45) is 23.7 Å². The van der Waals surface area contributed by atoms with Crippen LogP contribution in [-0.2, 0) is 0 Å². The van der Waals surface area contributed by atoms with E-state index < -0.39 is 0 Å². The Labute approximate surface area is 201 Å². The van der Waals surface area contributed by atoms with Crippen molar-refractivity contribution in [3.63, 3.8) is 0 Å². The summed E-state index contributed by atoms with van der Waals surface area (Å²) in [5.41, 5.74) is 1.37. The molecule has 0 fully saturated rings. The van der Waals surface area contributed by atoms with Gasteiger partial charge in [0.15, 0.2) is 0 Å². The third-order valence-corrected chi connectivity index (χ3v) is 6.37. The van der Waals surface area contributed by atoms with E-state index in [9.17, 15) is 0 Å². The average molecular weight is 446 g/mol. The Hall–Kier alpha value is -1.16. The Balaban J connectivity index is 5.16. The van der Waals surface area contributed by atoms with Crippen LogP contribution in [0, 0.1) is 23.7 Å². The average Bonchev–Trinajstić information content (AvgIpc) is 2.75. The van der Waals surface area contributed by atoms with Gasteiger partial charge in [0.05, 0.1) is 6.17 Å². The highest BCUT2D eigenvalue weighted by molar-refractivity contribution is 5.18. The van der Waals surface area contributed by atoms with Crippen molar-refractivity contribution in [1.82, 2.24) is 15.5 Å². The summed E-state index contributed by atoms with van der Waals surface area (Å²) in [6, 6.07) is 0. The lowest BCUT2D eigenvalue weighted by Crippen LogP contribution is -2.48. The third kappa shape index (κ3) is 14.8. The summed E-state index contributed by atoms with van der Waals surface area (Å²) >= 11 is 0. The summed E-state index contributed by atoms with van der Waals surface area (Å²) in [5.74, 6) is 2.36. The maximum atomic E-state index is 3.93. The number of nitrogens with zero attached hydrogens (tertiary/aromatic N) is 1. The van der Waals surface area contributed by atoms with E-state index in [-0.39, 0.29) is 0 Å². The summed E-state index contributed by atoms with van der Waals surface area (Å²) < 4.78 is 0. The molecule has 0 rings (SSSR count).